The average molecular weight is 260 g/mol. The van der Waals surface area contributed by atoms with Crippen LogP contribution in [0.2, 0.25) is 0 Å². The molecule has 0 spiro atoms. The van der Waals surface area contributed by atoms with E-state index in [4.69, 9.17) is 10.8 Å². The van der Waals surface area contributed by atoms with Gasteiger partial charge in [-0.25, -0.2) is 9.18 Å². The fourth-order valence-electron chi connectivity index (χ4n) is 1.74. The third-order valence-electron chi connectivity index (χ3n) is 2.65. The van der Waals surface area contributed by atoms with Crippen molar-refractivity contribution in [2.24, 2.45) is 0 Å². The van der Waals surface area contributed by atoms with E-state index in [1.807, 2.05) is 0 Å². The molecular formula is C14H13FN2O2. The van der Waals surface area contributed by atoms with Crippen LogP contribution in [-0.4, -0.2) is 11.1 Å². The first-order chi connectivity index (χ1) is 9.06. The fourth-order valence-corrected chi connectivity index (χ4v) is 1.74. The Morgan fingerprint density at radius 1 is 1.26 bits per heavy atom. The van der Waals surface area contributed by atoms with Gasteiger partial charge >= 0.3 is 5.97 Å². The van der Waals surface area contributed by atoms with E-state index in [2.05, 4.69) is 5.32 Å². The van der Waals surface area contributed by atoms with Gasteiger partial charge in [-0.05, 0) is 35.9 Å². The molecule has 2 rings (SSSR count). The molecule has 19 heavy (non-hydrogen) atoms. The fraction of sp³-hybridized carbons (Fsp3) is 0.0714. The highest BCUT2D eigenvalue weighted by atomic mass is 19.1. The second-order valence-corrected chi connectivity index (χ2v) is 4.09. The standard InChI is InChI=1S/C14H13FN2O2/c15-10-3-1-2-9(6-10)8-17-13-7-11(16)4-5-12(13)14(18)19/h1-7,17H,8,16H2,(H,18,19). The summed E-state index contributed by atoms with van der Waals surface area (Å²) in [5, 5.41) is 12.0. The molecule has 0 radical (unpaired) electrons. The van der Waals surface area contributed by atoms with Crippen LogP contribution in [0.25, 0.3) is 0 Å². The molecule has 4 N–H and O–H groups in total. The highest BCUT2D eigenvalue weighted by molar-refractivity contribution is 5.95. The quantitative estimate of drug-likeness (QED) is 0.739. The largest absolute Gasteiger partial charge is 0.478 e. The SMILES string of the molecule is Nc1ccc(C(=O)O)c(NCc2cccc(F)c2)c1. The molecule has 0 atom stereocenters. The third kappa shape index (κ3) is 3.22. The van der Waals surface area contributed by atoms with E-state index in [0.29, 0.717) is 17.9 Å². The summed E-state index contributed by atoms with van der Waals surface area (Å²) in [5.74, 6) is -1.37. The van der Waals surface area contributed by atoms with Crippen LogP contribution in [0.3, 0.4) is 0 Å². The Morgan fingerprint density at radius 2 is 2.05 bits per heavy atom. The molecule has 5 heteroatoms. The van der Waals surface area contributed by atoms with E-state index in [1.54, 1.807) is 18.2 Å². The average Bonchev–Trinajstić information content (AvgIpc) is 2.36. The summed E-state index contributed by atoms with van der Waals surface area (Å²) in [4.78, 5) is 11.1. The van der Waals surface area contributed by atoms with Crippen LogP contribution in [0.15, 0.2) is 42.5 Å². The van der Waals surface area contributed by atoms with Crippen molar-refractivity contribution in [2.75, 3.05) is 11.1 Å². The molecule has 0 amide bonds. The number of carbonyl (C=O) groups is 1. The summed E-state index contributed by atoms with van der Waals surface area (Å²) in [6.07, 6.45) is 0. The van der Waals surface area contributed by atoms with Crippen LogP contribution in [0.4, 0.5) is 15.8 Å². The van der Waals surface area contributed by atoms with E-state index in [0.717, 1.165) is 5.56 Å². The summed E-state index contributed by atoms with van der Waals surface area (Å²) < 4.78 is 13.0. The number of rotatable bonds is 4. The lowest BCUT2D eigenvalue weighted by molar-refractivity contribution is 0.0698. The zero-order chi connectivity index (χ0) is 13.8. The number of carboxylic acid groups (broad SMARTS) is 1. The minimum absolute atomic E-state index is 0.130. The highest BCUT2D eigenvalue weighted by Gasteiger charge is 2.09. The van der Waals surface area contributed by atoms with E-state index in [-0.39, 0.29) is 11.4 Å². The first-order valence-electron chi connectivity index (χ1n) is 5.67. The zero-order valence-electron chi connectivity index (χ0n) is 10.1. The van der Waals surface area contributed by atoms with Crippen molar-refractivity contribution >= 4 is 17.3 Å². The summed E-state index contributed by atoms with van der Waals surface area (Å²) in [6.45, 7) is 0.321. The number of nitrogens with two attached hydrogens (primary N) is 1. The predicted molar refractivity (Wildman–Crippen MR) is 71.5 cm³/mol. The lowest BCUT2D eigenvalue weighted by atomic mass is 10.1. The van der Waals surface area contributed by atoms with Gasteiger partial charge in [0.25, 0.3) is 0 Å². The molecule has 0 bridgehead atoms. The molecule has 0 aliphatic rings. The van der Waals surface area contributed by atoms with Gasteiger partial charge in [-0.15, -0.1) is 0 Å². The maximum atomic E-state index is 13.0. The lowest BCUT2D eigenvalue weighted by Crippen LogP contribution is -2.07. The molecular weight excluding hydrogens is 247 g/mol. The van der Waals surface area contributed by atoms with Gasteiger partial charge in [0.1, 0.15) is 5.82 Å². The number of hydrogen-bond donors (Lipinski definition) is 3. The maximum Gasteiger partial charge on any atom is 0.337 e. The van der Waals surface area contributed by atoms with Crippen molar-refractivity contribution in [3.63, 3.8) is 0 Å². The smallest absolute Gasteiger partial charge is 0.337 e. The molecule has 0 saturated carbocycles. The van der Waals surface area contributed by atoms with Gasteiger partial charge in [-0.3, -0.25) is 0 Å². The Labute approximate surface area is 109 Å². The van der Waals surface area contributed by atoms with Crippen LogP contribution in [0.1, 0.15) is 15.9 Å². The van der Waals surface area contributed by atoms with E-state index in [9.17, 15) is 9.18 Å². The Bertz CT molecular complexity index is 614. The third-order valence-corrected chi connectivity index (χ3v) is 2.65. The molecule has 0 fully saturated rings. The number of nitrogens with one attached hydrogen (secondary N) is 1. The molecule has 0 saturated heterocycles. The van der Waals surface area contributed by atoms with Gasteiger partial charge in [0.05, 0.1) is 11.3 Å². The first kappa shape index (κ1) is 12.9. The summed E-state index contributed by atoms with van der Waals surface area (Å²) in [6, 6.07) is 10.6. The maximum absolute atomic E-state index is 13.0. The minimum Gasteiger partial charge on any atom is -0.478 e. The number of aromatic carboxylic acids is 1. The minimum atomic E-state index is -1.04. The Kier molecular flexibility index (Phi) is 3.66. The number of hydrogen-bond acceptors (Lipinski definition) is 3. The molecule has 4 nitrogen and oxygen atoms in total. The van der Waals surface area contributed by atoms with Crippen LogP contribution in [0.5, 0.6) is 0 Å². The Morgan fingerprint density at radius 3 is 2.74 bits per heavy atom. The zero-order valence-corrected chi connectivity index (χ0v) is 10.1. The van der Waals surface area contributed by atoms with Crippen molar-refractivity contribution in [2.45, 2.75) is 6.54 Å². The first-order valence-corrected chi connectivity index (χ1v) is 5.67. The van der Waals surface area contributed by atoms with Gasteiger partial charge in [0, 0.05) is 12.2 Å². The van der Waals surface area contributed by atoms with E-state index >= 15 is 0 Å². The molecule has 0 heterocycles. The monoisotopic (exact) mass is 260 g/mol. The predicted octanol–water partition coefficient (Wildman–Crippen LogP) is 2.72. The number of anilines is 2. The number of nitrogen functional groups attached to an aromatic ring is 1. The van der Waals surface area contributed by atoms with Gasteiger partial charge in [-0.2, -0.15) is 0 Å². The van der Waals surface area contributed by atoms with Crippen molar-refractivity contribution in [3.8, 4) is 0 Å². The van der Waals surface area contributed by atoms with Crippen molar-refractivity contribution in [1.29, 1.82) is 0 Å². The van der Waals surface area contributed by atoms with Crippen LogP contribution < -0.4 is 11.1 Å². The number of carboxylic acids is 1. The van der Waals surface area contributed by atoms with Gasteiger partial charge in [0.2, 0.25) is 0 Å². The van der Waals surface area contributed by atoms with Gasteiger partial charge < -0.3 is 16.2 Å². The normalized spacial score (nSPS) is 10.2. The van der Waals surface area contributed by atoms with Crippen molar-refractivity contribution in [3.05, 3.63) is 59.4 Å². The van der Waals surface area contributed by atoms with Crippen LogP contribution >= 0.6 is 0 Å². The molecule has 98 valence electrons. The second kappa shape index (κ2) is 5.39. The molecule has 0 aliphatic carbocycles. The summed E-state index contributed by atoms with van der Waals surface area (Å²) >= 11 is 0. The van der Waals surface area contributed by atoms with Gasteiger partial charge in [-0.1, -0.05) is 12.1 Å². The van der Waals surface area contributed by atoms with E-state index in [1.165, 1.54) is 24.3 Å². The number of benzene rings is 2. The summed E-state index contributed by atoms with van der Waals surface area (Å²) in [5.41, 5.74) is 7.36. The molecule has 0 aromatic heterocycles. The Hall–Kier alpha value is -2.56. The molecule has 2 aromatic rings. The Balaban J connectivity index is 2.19. The number of halogens is 1. The molecule has 0 unspecified atom stereocenters. The van der Waals surface area contributed by atoms with E-state index < -0.39 is 5.97 Å². The molecule has 2 aromatic carbocycles. The molecule has 0 aliphatic heterocycles. The van der Waals surface area contributed by atoms with Crippen molar-refractivity contribution < 1.29 is 14.3 Å². The highest BCUT2D eigenvalue weighted by Crippen LogP contribution is 2.20. The van der Waals surface area contributed by atoms with Crippen LogP contribution in [-0.2, 0) is 6.54 Å². The summed E-state index contributed by atoms with van der Waals surface area (Å²) in [7, 11) is 0. The van der Waals surface area contributed by atoms with Gasteiger partial charge in [0.15, 0.2) is 0 Å². The lowest BCUT2D eigenvalue weighted by Gasteiger charge is -2.10. The second-order valence-electron chi connectivity index (χ2n) is 4.09. The van der Waals surface area contributed by atoms with Crippen molar-refractivity contribution in [1.82, 2.24) is 0 Å². The van der Waals surface area contributed by atoms with Crippen LogP contribution in [0, 0.1) is 5.82 Å². The topological polar surface area (TPSA) is 75.4 Å².